The van der Waals surface area contributed by atoms with Gasteiger partial charge in [0.1, 0.15) is 6.61 Å². The molecule has 0 N–H and O–H groups in total. The van der Waals surface area contributed by atoms with Crippen molar-refractivity contribution in [2.75, 3.05) is 6.61 Å². The molecule has 13 heavy (non-hydrogen) atoms. The Labute approximate surface area is 86.7 Å². The van der Waals surface area contributed by atoms with E-state index in [1.807, 2.05) is 0 Å². The molecule has 0 aromatic carbocycles. The topological polar surface area (TPSA) is 26.3 Å². The molecular weight excluding hydrogens is 204 g/mol. The average molecular weight is 223 g/mol. The summed E-state index contributed by atoms with van der Waals surface area (Å²) in [6, 6.07) is 1.03. The highest BCUT2D eigenvalue weighted by molar-refractivity contribution is 6.72. The Bertz CT molecular complexity index is 185. The maximum Gasteiger partial charge on any atom is 0.246 e. The van der Waals surface area contributed by atoms with E-state index in [0.717, 1.165) is 6.04 Å². The van der Waals surface area contributed by atoms with Gasteiger partial charge in [-0.2, -0.15) is 0 Å². The molecule has 0 unspecified atom stereocenters. The van der Waals surface area contributed by atoms with Crippen LogP contribution >= 0.6 is 11.6 Å². The minimum atomic E-state index is -1.71. The van der Waals surface area contributed by atoms with Crippen LogP contribution in [0.2, 0.25) is 19.1 Å². The lowest BCUT2D eigenvalue weighted by atomic mass is 10.0. The average Bonchev–Trinajstić information content (AvgIpc) is 1.78. The van der Waals surface area contributed by atoms with Crippen LogP contribution in [0, 0.1) is 5.41 Å². The fourth-order valence-corrected chi connectivity index (χ4v) is 4.90. The van der Waals surface area contributed by atoms with Gasteiger partial charge in [0.05, 0.1) is 0 Å². The lowest BCUT2D eigenvalue weighted by Gasteiger charge is -2.29. The number of rotatable bonds is 4. The summed E-state index contributed by atoms with van der Waals surface area (Å²) >= 11 is 5.21. The normalized spacial score (nSPS) is 13.1. The quantitative estimate of drug-likeness (QED) is 0.540. The Morgan fingerprint density at radius 3 is 2.15 bits per heavy atom. The van der Waals surface area contributed by atoms with Gasteiger partial charge in [0.2, 0.25) is 5.24 Å². The predicted octanol–water partition coefficient (Wildman–Crippen LogP) is 3.02. The molecule has 0 spiro atoms. The lowest BCUT2D eigenvalue weighted by Crippen LogP contribution is -2.36. The van der Waals surface area contributed by atoms with Crippen molar-refractivity contribution in [3.8, 4) is 0 Å². The van der Waals surface area contributed by atoms with Gasteiger partial charge in [0.25, 0.3) is 0 Å². The zero-order valence-corrected chi connectivity index (χ0v) is 10.9. The van der Waals surface area contributed by atoms with Gasteiger partial charge in [-0.15, -0.1) is 0 Å². The third-order valence-electron chi connectivity index (χ3n) is 1.53. The van der Waals surface area contributed by atoms with E-state index in [1.54, 1.807) is 0 Å². The van der Waals surface area contributed by atoms with Crippen LogP contribution in [0.25, 0.3) is 0 Å². The monoisotopic (exact) mass is 222 g/mol. The molecule has 0 fully saturated rings. The van der Waals surface area contributed by atoms with Crippen molar-refractivity contribution in [2.24, 2.45) is 5.41 Å². The first-order valence-corrected chi connectivity index (χ1v) is 7.94. The van der Waals surface area contributed by atoms with Crippen LogP contribution in [0.5, 0.6) is 0 Å². The summed E-state index contributed by atoms with van der Waals surface area (Å²) in [6.45, 7) is 10.8. The van der Waals surface area contributed by atoms with Crippen molar-refractivity contribution in [3.05, 3.63) is 0 Å². The molecule has 0 aromatic heterocycles. The van der Waals surface area contributed by atoms with E-state index >= 15 is 0 Å². The van der Waals surface area contributed by atoms with Crippen LogP contribution in [0.1, 0.15) is 20.8 Å². The first-order chi connectivity index (χ1) is 5.62. The minimum Gasteiger partial charge on any atom is -0.409 e. The van der Waals surface area contributed by atoms with Crippen LogP contribution in [0.3, 0.4) is 0 Å². The number of carbonyl (C=O) groups excluding carboxylic acids is 1. The van der Waals surface area contributed by atoms with Crippen LogP contribution in [0.15, 0.2) is 0 Å². The number of halogens is 1. The summed E-state index contributed by atoms with van der Waals surface area (Å²) in [5.41, 5.74) is 0.255. The molecule has 4 heteroatoms. The Morgan fingerprint density at radius 2 is 1.85 bits per heavy atom. The highest BCUT2D eigenvalue weighted by Gasteiger charge is 2.29. The summed E-state index contributed by atoms with van der Waals surface area (Å²) < 4.78 is 5.52. The first-order valence-electron chi connectivity index (χ1n) is 4.45. The lowest BCUT2D eigenvalue weighted by molar-refractivity contribution is -0.113. The molecule has 0 aliphatic carbocycles. The molecule has 78 valence electrons. The van der Waals surface area contributed by atoms with Gasteiger partial charge in [-0.3, -0.25) is 4.79 Å². The molecular formula is C9H19ClO2Si. The predicted molar refractivity (Wildman–Crippen MR) is 58.6 cm³/mol. The molecule has 0 saturated carbocycles. The zero-order valence-electron chi connectivity index (χ0n) is 9.11. The molecule has 0 amide bonds. The summed E-state index contributed by atoms with van der Waals surface area (Å²) in [5, 5.41) is -0.408. The van der Waals surface area contributed by atoms with Gasteiger partial charge in [0.15, 0.2) is 8.32 Å². The van der Waals surface area contributed by atoms with E-state index in [2.05, 4.69) is 33.9 Å². The zero-order chi connectivity index (χ0) is 10.7. The van der Waals surface area contributed by atoms with Gasteiger partial charge < -0.3 is 4.43 Å². The summed E-state index contributed by atoms with van der Waals surface area (Å²) in [7, 11) is -1.71. The van der Waals surface area contributed by atoms with Crippen molar-refractivity contribution in [1.29, 1.82) is 0 Å². The smallest absolute Gasteiger partial charge is 0.246 e. The van der Waals surface area contributed by atoms with Gasteiger partial charge in [-0.1, -0.05) is 20.8 Å². The highest BCUT2D eigenvalue weighted by Crippen LogP contribution is 2.28. The molecule has 0 aliphatic rings. The van der Waals surface area contributed by atoms with Gasteiger partial charge >= 0.3 is 0 Å². The summed E-state index contributed by atoms with van der Waals surface area (Å²) in [4.78, 5) is 10.5. The first kappa shape index (κ1) is 13.1. The second kappa shape index (κ2) is 4.58. The molecule has 0 bridgehead atoms. The molecule has 0 atom stereocenters. The van der Waals surface area contributed by atoms with Gasteiger partial charge in [-0.25, -0.2) is 0 Å². The van der Waals surface area contributed by atoms with Crippen LogP contribution < -0.4 is 0 Å². The van der Waals surface area contributed by atoms with Crippen molar-refractivity contribution >= 4 is 25.2 Å². The largest absolute Gasteiger partial charge is 0.409 e. The van der Waals surface area contributed by atoms with E-state index in [-0.39, 0.29) is 12.0 Å². The minimum absolute atomic E-state index is 0.0524. The Balaban J connectivity index is 4.01. The molecule has 0 saturated heterocycles. The fourth-order valence-electron chi connectivity index (χ4n) is 1.58. The van der Waals surface area contributed by atoms with E-state index in [9.17, 15) is 4.79 Å². The Morgan fingerprint density at radius 1 is 1.38 bits per heavy atom. The standard InChI is InChI=1S/C9H19ClO2Si/c1-9(2,3)7-13(4,5)12-6-8(10)11/h6-7H2,1-5H3. The molecule has 2 nitrogen and oxygen atoms in total. The maximum atomic E-state index is 10.5. The Kier molecular flexibility index (Phi) is 4.62. The van der Waals surface area contributed by atoms with Crippen molar-refractivity contribution in [1.82, 2.24) is 0 Å². The second-order valence-electron chi connectivity index (χ2n) is 5.14. The third-order valence-corrected chi connectivity index (χ3v) is 4.48. The molecule has 0 aromatic rings. The maximum absolute atomic E-state index is 10.5. The number of hydrogen-bond acceptors (Lipinski definition) is 2. The summed E-state index contributed by atoms with van der Waals surface area (Å²) in [6.07, 6.45) is 0. The highest BCUT2D eigenvalue weighted by atomic mass is 35.5. The van der Waals surface area contributed by atoms with Crippen LogP contribution in [-0.2, 0) is 9.22 Å². The van der Waals surface area contributed by atoms with Crippen molar-refractivity contribution in [3.63, 3.8) is 0 Å². The fraction of sp³-hybridized carbons (Fsp3) is 0.889. The molecule has 0 heterocycles. The Hall–Kier alpha value is 0.137. The molecule has 0 aliphatic heterocycles. The third kappa shape index (κ3) is 8.47. The van der Waals surface area contributed by atoms with Crippen LogP contribution in [-0.4, -0.2) is 20.2 Å². The van der Waals surface area contributed by atoms with Crippen LogP contribution in [0.4, 0.5) is 0 Å². The number of hydrogen-bond donors (Lipinski definition) is 0. The van der Waals surface area contributed by atoms with Crippen molar-refractivity contribution < 1.29 is 9.22 Å². The second-order valence-corrected chi connectivity index (χ2v) is 9.72. The van der Waals surface area contributed by atoms with E-state index in [1.165, 1.54) is 0 Å². The molecule has 0 rings (SSSR count). The summed E-state index contributed by atoms with van der Waals surface area (Å²) in [5.74, 6) is 0. The van der Waals surface area contributed by atoms with Gasteiger partial charge in [-0.05, 0) is 36.2 Å². The van der Waals surface area contributed by atoms with Crippen molar-refractivity contribution in [2.45, 2.75) is 39.9 Å². The molecule has 0 radical (unpaired) electrons. The number of carbonyl (C=O) groups is 1. The van der Waals surface area contributed by atoms with E-state index in [0.29, 0.717) is 0 Å². The SMILES string of the molecule is CC(C)(C)C[Si](C)(C)OCC(=O)Cl. The van der Waals surface area contributed by atoms with Gasteiger partial charge in [0, 0.05) is 0 Å². The van der Waals surface area contributed by atoms with E-state index in [4.69, 9.17) is 16.0 Å². The van der Waals surface area contributed by atoms with E-state index < -0.39 is 13.6 Å².